The summed E-state index contributed by atoms with van der Waals surface area (Å²) in [4.78, 5) is 12.7. The number of anilines is 1. The van der Waals surface area contributed by atoms with Crippen LogP contribution in [0.4, 0.5) is 10.1 Å². The van der Waals surface area contributed by atoms with Gasteiger partial charge in [-0.05, 0) is 36.8 Å². The highest BCUT2D eigenvalue weighted by Crippen LogP contribution is 2.41. The molecule has 2 fully saturated rings. The maximum absolute atomic E-state index is 14.2. The van der Waals surface area contributed by atoms with E-state index in [1.54, 1.807) is 12.1 Å². The van der Waals surface area contributed by atoms with Crippen LogP contribution in [-0.2, 0) is 4.79 Å². The maximum atomic E-state index is 14.2. The Bertz CT molecular complexity index is 543. The third-order valence-electron chi connectivity index (χ3n) is 4.47. The van der Waals surface area contributed by atoms with Crippen molar-refractivity contribution in [1.82, 2.24) is 0 Å². The fourth-order valence-corrected chi connectivity index (χ4v) is 3.58. The Balaban J connectivity index is 1.90. The Kier molecular flexibility index (Phi) is 3.47. The number of nitrogens with zero attached hydrogens (tertiary/aromatic N) is 1. The van der Waals surface area contributed by atoms with Crippen molar-refractivity contribution < 1.29 is 14.3 Å². The first-order valence-corrected chi connectivity index (χ1v) is 7.09. The molecular formula is C16H18FNO2. The van der Waals surface area contributed by atoms with Crippen LogP contribution in [0.3, 0.4) is 0 Å². The minimum absolute atomic E-state index is 0.266. The molecule has 1 N–H and O–H groups in total. The van der Waals surface area contributed by atoms with Crippen LogP contribution < -0.4 is 4.90 Å². The lowest BCUT2D eigenvalue weighted by Gasteiger charge is -2.22. The molecule has 3 nitrogen and oxygen atoms in total. The Hall–Kier alpha value is -1.84. The predicted octanol–water partition coefficient (Wildman–Crippen LogP) is 3.16. The van der Waals surface area contributed by atoms with E-state index in [1.165, 1.54) is 31.4 Å². The van der Waals surface area contributed by atoms with E-state index in [0.717, 1.165) is 19.2 Å². The normalized spacial score (nSPS) is 25.4. The van der Waals surface area contributed by atoms with Crippen LogP contribution >= 0.6 is 0 Å². The molecule has 0 bridgehead atoms. The van der Waals surface area contributed by atoms with E-state index in [-0.39, 0.29) is 5.82 Å². The van der Waals surface area contributed by atoms with Gasteiger partial charge in [0.05, 0.1) is 5.69 Å². The zero-order valence-electron chi connectivity index (χ0n) is 11.3. The zero-order chi connectivity index (χ0) is 14.1. The van der Waals surface area contributed by atoms with Gasteiger partial charge in [-0.25, -0.2) is 9.18 Å². The lowest BCUT2D eigenvalue weighted by molar-refractivity contribution is -0.131. The number of carboxylic acids is 1. The molecule has 0 radical (unpaired) electrons. The van der Waals surface area contributed by atoms with Crippen molar-refractivity contribution in [3.63, 3.8) is 0 Å². The van der Waals surface area contributed by atoms with Gasteiger partial charge in [0.1, 0.15) is 5.82 Å². The molecule has 2 atom stereocenters. The maximum Gasteiger partial charge on any atom is 0.328 e. The molecule has 1 aliphatic carbocycles. The molecule has 20 heavy (non-hydrogen) atoms. The van der Waals surface area contributed by atoms with Gasteiger partial charge < -0.3 is 10.0 Å². The second kappa shape index (κ2) is 5.27. The molecule has 1 saturated heterocycles. The van der Waals surface area contributed by atoms with Gasteiger partial charge in [0.2, 0.25) is 0 Å². The molecule has 1 aromatic carbocycles. The number of para-hydroxylation sites is 1. The lowest BCUT2D eigenvalue weighted by Crippen LogP contribution is -2.22. The first-order valence-electron chi connectivity index (χ1n) is 7.09. The van der Waals surface area contributed by atoms with Gasteiger partial charge in [-0.15, -0.1) is 0 Å². The van der Waals surface area contributed by atoms with Gasteiger partial charge in [-0.1, -0.05) is 18.6 Å². The number of carboxylic acid groups (broad SMARTS) is 1. The molecule has 0 aromatic heterocycles. The minimum Gasteiger partial charge on any atom is -0.478 e. The molecule has 1 aliphatic heterocycles. The third kappa shape index (κ3) is 2.42. The second-order valence-electron chi connectivity index (χ2n) is 5.71. The van der Waals surface area contributed by atoms with Crippen LogP contribution in [-0.4, -0.2) is 24.2 Å². The summed E-state index contributed by atoms with van der Waals surface area (Å²) in [5.74, 6) is 0.0628. The summed E-state index contributed by atoms with van der Waals surface area (Å²) in [7, 11) is 0. The highest BCUT2D eigenvalue weighted by atomic mass is 19.1. The van der Waals surface area contributed by atoms with Gasteiger partial charge in [0.25, 0.3) is 0 Å². The summed E-state index contributed by atoms with van der Waals surface area (Å²) >= 11 is 0. The van der Waals surface area contributed by atoms with E-state index in [2.05, 4.69) is 4.90 Å². The smallest absolute Gasteiger partial charge is 0.328 e. The quantitative estimate of drug-likeness (QED) is 0.861. The van der Waals surface area contributed by atoms with Crippen molar-refractivity contribution in [1.29, 1.82) is 0 Å². The molecule has 0 spiro atoms. The number of fused-ring (bicyclic) bond motifs is 1. The Morgan fingerprint density at radius 3 is 2.65 bits per heavy atom. The summed E-state index contributed by atoms with van der Waals surface area (Å²) in [5.41, 5.74) is 1.20. The van der Waals surface area contributed by atoms with Gasteiger partial charge in [-0.3, -0.25) is 0 Å². The minimum atomic E-state index is -1.02. The van der Waals surface area contributed by atoms with Gasteiger partial charge >= 0.3 is 5.97 Å². The SMILES string of the molecule is O=C(O)/C=C/c1cccc(F)c1N1CC2CCCC2C1. The van der Waals surface area contributed by atoms with Crippen LogP contribution in [0, 0.1) is 17.7 Å². The number of benzene rings is 1. The van der Waals surface area contributed by atoms with Crippen molar-refractivity contribution in [2.45, 2.75) is 19.3 Å². The average Bonchev–Trinajstić information content (AvgIpc) is 2.97. The Morgan fingerprint density at radius 1 is 1.30 bits per heavy atom. The van der Waals surface area contributed by atoms with Crippen molar-refractivity contribution in [2.24, 2.45) is 11.8 Å². The van der Waals surface area contributed by atoms with E-state index in [0.29, 0.717) is 23.1 Å². The average molecular weight is 275 g/mol. The third-order valence-corrected chi connectivity index (χ3v) is 4.47. The number of hydrogen-bond acceptors (Lipinski definition) is 2. The summed E-state index contributed by atoms with van der Waals surface area (Å²) < 4.78 is 14.2. The number of halogens is 1. The summed E-state index contributed by atoms with van der Waals surface area (Å²) in [6.07, 6.45) is 6.29. The molecular weight excluding hydrogens is 257 g/mol. The number of aliphatic carboxylic acids is 1. The van der Waals surface area contributed by atoms with Crippen molar-refractivity contribution >= 4 is 17.7 Å². The van der Waals surface area contributed by atoms with E-state index in [1.807, 2.05) is 0 Å². The largest absolute Gasteiger partial charge is 0.478 e. The number of hydrogen-bond donors (Lipinski definition) is 1. The zero-order valence-corrected chi connectivity index (χ0v) is 11.3. The standard InChI is InChI=1S/C16H18FNO2/c17-14-6-2-3-11(7-8-15(19)20)16(14)18-9-12-4-1-5-13(12)10-18/h2-3,6-8,12-13H,1,4-5,9-10H2,(H,19,20)/b8-7+. The van der Waals surface area contributed by atoms with Crippen molar-refractivity contribution in [3.05, 3.63) is 35.7 Å². The number of carbonyl (C=O) groups is 1. The molecule has 2 aliphatic rings. The van der Waals surface area contributed by atoms with Gasteiger partial charge in [0, 0.05) is 24.7 Å². The fourth-order valence-electron chi connectivity index (χ4n) is 3.58. The molecule has 1 saturated carbocycles. The monoisotopic (exact) mass is 275 g/mol. The van der Waals surface area contributed by atoms with Gasteiger partial charge in [0.15, 0.2) is 0 Å². The Morgan fingerprint density at radius 2 is 2.00 bits per heavy atom. The second-order valence-corrected chi connectivity index (χ2v) is 5.71. The van der Waals surface area contributed by atoms with Crippen LogP contribution in [0.25, 0.3) is 6.08 Å². The van der Waals surface area contributed by atoms with Crippen LogP contribution in [0.5, 0.6) is 0 Å². The molecule has 2 unspecified atom stereocenters. The molecule has 1 aromatic rings. The fraction of sp³-hybridized carbons (Fsp3) is 0.438. The first kappa shape index (κ1) is 13.2. The van der Waals surface area contributed by atoms with Crippen LogP contribution in [0.2, 0.25) is 0 Å². The van der Waals surface area contributed by atoms with Crippen LogP contribution in [0.15, 0.2) is 24.3 Å². The molecule has 106 valence electrons. The number of rotatable bonds is 3. The summed E-state index contributed by atoms with van der Waals surface area (Å²) in [6, 6.07) is 4.84. The first-order chi connectivity index (χ1) is 9.65. The molecule has 3 rings (SSSR count). The highest BCUT2D eigenvalue weighted by molar-refractivity contribution is 5.87. The molecule has 0 amide bonds. The van der Waals surface area contributed by atoms with Crippen molar-refractivity contribution in [3.8, 4) is 0 Å². The lowest BCUT2D eigenvalue weighted by atomic mass is 10.0. The van der Waals surface area contributed by atoms with E-state index in [4.69, 9.17) is 5.11 Å². The van der Waals surface area contributed by atoms with E-state index < -0.39 is 5.97 Å². The van der Waals surface area contributed by atoms with E-state index in [9.17, 15) is 9.18 Å². The van der Waals surface area contributed by atoms with E-state index >= 15 is 0 Å². The van der Waals surface area contributed by atoms with Crippen LogP contribution in [0.1, 0.15) is 24.8 Å². The van der Waals surface area contributed by atoms with Gasteiger partial charge in [-0.2, -0.15) is 0 Å². The summed E-state index contributed by atoms with van der Waals surface area (Å²) in [5, 5.41) is 8.74. The van der Waals surface area contributed by atoms with Crippen molar-refractivity contribution in [2.75, 3.05) is 18.0 Å². The molecule has 1 heterocycles. The highest BCUT2D eigenvalue weighted by Gasteiger charge is 2.37. The molecule has 4 heteroatoms. The Labute approximate surface area is 117 Å². The topological polar surface area (TPSA) is 40.5 Å². The summed E-state index contributed by atoms with van der Waals surface area (Å²) in [6.45, 7) is 1.78. The predicted molar refractivity (Wildman–Crippen MR) is 76.1 cm³/mol.